The number of carbonyl (C=O) groups excluding carboxylic acids is 1. The number of rotatable bonds is 7. The van der Waals surface area contributed by atoms with Crippen LogP contribution in [-0.2, 0) is 0 Å². The lowest BCUT2D eigenvalue weighted by atomic mass is 10.1. The van der Waals surface area contributed by atoms with Gasteiger partial charge in [-0.25, -0.2) is 4.39 Å². The highest BCUT2D eigenvalue weighted by molar-refractivity contribution is 6.06. The summed E-state index contributed by atoms with van der Waals surface area (Å²) in [5, 5.41) is 0. The van der Waals surface area contributed by atoms with Crippen molar-refractivity contribution in [3.63, 3.8) is 0 Å². The molecular formula is C19H17FO3. The maximum atomic E-state index is 12.8. The number of benzene rings is 2. The van der Waals surface area contributed by atoms with E-state index in [0.29, 0.717) is 23.7 Å². The van der Waals surface area contributed by atoms with Crippen molar-refractivity contribution in [3.8, 4) is 11.5 Å². The second kappa shape index (κ2) is 7.94. The maximum absolute atomic E-state index is 12.8. The van der Waals surface area contributed by atoms with E-state index in [1.54, 1.807) is 31.4 Å². The summed E-state index contributed by atoms with van der Waals surface area (Å²) < 4.78 is 23.6. The smallest absolute Gasteiger partial charge is 0.185 e. The molecule has 23 heavy (non-hydrogen) atoms. The van der Waals surface area contributed by atoms with Gasteiger partial charge in [-0.2, -0.15) is 0 Å². The minimum Gasteiger partial charge on any atom is -0.493 e. The zero-order chi connectivity index (χ0) is 16.7. The second-order valence-corrected chi connectivity index (χ2v) is 4.71. The highest BCUT2D eigenvalue weighted by Crippen LogP contribution is 2.28. The molecule has 0 aliphatic heterocycles. The molecule has 0 N–H and O–H groups in total. The van der Waals surface area contributed by atoms with Crippen molar-refractivity contribution in [2.75, 3.05) is 13.7 Å². The molecule has 0 heterocycles. The van der Waals surface area contributed by atoms with E-state index >= 15 is 0 Å². The Hall–Kier alpha value is -2.88. The molecule has 0 amide bonds. The number of ketones is 1. The van der Waals surface area contributed by atoms with Gasteiger partial charge in [0, 0.05) is 5.56 Å². The molecule has 2 aromatic carbocycles. The summed E-state index contributed by atoms with van der Waals surface area (Å²) in [7, 11) is 1.55. The van der Waals surface area contributed by atoms with Crippen LogP contribution in [0.15, 0.2) is 61.2 Å². The molecule has 0 aliphatic carbocycles. The summed E-state index contributed by atoms with van der Waals surface area (Å²) in [6, 6.07) is 10.8. The van der Waals surface area contributed by atoms with Crippen LogP contribution in [0.4, 0.5) is 4.39 Å². The predicted octanol–water partition coefficient (Wildman–Crippen LogP) is 4.30. The first-order valence-corrected chi connectivity index (χ1v) is 7.03. The molecule has 0 saturated heterocycles. The van der Waals surface area contributed by atoms with Gasteiger partial charge in [-0.1, -0.05) is 24.8 Å². The van der Waals surface area contributed by atoms with Gasteiger partial charge in [0.1, 0.15) is 12.4 Å². The first-order chi connectivity index (χ1) is 11.1. The summed E-state index contributed by atoms with van der Waals surface area (Å²) in [5.74, 6) is 0.610. The first kappa shape index (κ1) is 16.5. The van der Waals surface area contributed by atoms with E-state index in [1.165, 1.54) is 30.3 Å². The molecule has 3 nitrogen and oxygen atoms in total. The molecule has 0 radical (unpaired) electrons. The molecule has 0 fully saturated rings. The summed E-state index contributed by atoms with van der Waals surface area (Å²) >= 11 is 0. The van der Waals surface area contributed by atoms with Crippen molar-refractivity contribution >= 4 is 11.9 Å². The van der Waals surface area contributed by atoms with Gasteiger partial charge in [0.2, 0.25) is 0 Å². The van der Waals surface area contributed by atoms with Crippen LogP contribution in [0.1, 0.15) is 15.9 Å². The van der Waals surface area contributed by atoms with Gasteiger partial charge >= 0.3 is 0 Å². The summed E-state index contributed by atoms with van der Waals surface area (Å²) in [6.07, 6.45) is 4.76. The van der Waals surface area contributed by atoms with Crippen molar-refractivity contribution in [3.05, 3.63) is 78.1 Å². The molecule has 0 saturated carbocycles. The molecule has 118 valence electrons. The molecule has 0 aromatic heterocycles. The van der Waals surface area contributed by atoms with Crippen LogP contribution < -0.4 is 9.47 Å². The summed E-state index contributed by atoms with van der Waals surface area (Å²) in [6.45, 7) is 3.98. The van der Waals surface area contributed by atoms with Crippen molar-refractivity contribution in [2.24, 2.45) is 0 Å². The normalized spacial score (nSPS) is 10.5. The monoisotopic (exact) mass is 312 g/mol. The number of allylic oxidation sites excluding steroid dienone is 1. The Kier molecular flexibility index (Phi) is 5.69. The Morgan fingerprint density at radius 1 is 1.17 bits per heavy atom. The van der Waals surface area contributed by atoms with Gasteiger partial charge in [0.05, 0.1) is 7.11 Å². The van der Waals surface area contributed by atoms with E-state index in [2.05, 4.69) is 6.58 Å². The molecule has 2 aromatic rings. The maximum Gasteiger partial charge on any atom is 0.185 e. The van der Waals surface area contributed by atoms with Crippen LogP contribution in [0.5, 0.6) is 11.5 Å². The average Bonchev–Trinajstić information content (AvgIpc) is 2.58. The molecule has 0 bridgehead atoms. The minimum atomic E-state index is -0.370. The molecule has 0 spiro atoms. The van der Waals surface area contributed by atoms with Crippen LogP contribution in [0.25, 0.3) is 6.08 Å². The van der Waals surface area contributed by atoms with Crippen molar-refractivity contribution in [1.29, 1.82) is 0 Å². The van der Waals surface area contributed by atoms with E-state index in [1.807, 2.05) is 6.07 Å². The first-order valence-electron chi connectivity index (χ1n) is 7.03. The standard InChI is InChI=1S/C19H17FO3/c1-3-12-23-18-11-5-14(13-19(18)22-2)4-10-17(21)15-6-8-16(20)9-7-15/h3-11,13H,1,12H2,2H3/b10-4+. The van der Waals surface area contributed by atoms with Crippen LogP contribution in [0.2, 0.25) is 0 Å². The predicted molar refractivity (Wildman–Crippen MR) is 88.5 cm³/mol. The number of halogens is 1. The van der Waals surface area contributed by atoms with Gasteiger partial charge in [-0.05, 0) is 48.0 Å². The van der Waals surface area contributed by atoms with Crippen LogP contribution in [-0.4, -0.2) is 19.5 Å². The second-order valence-electron chi connectivity index (χ2n) is 4.71. The SMILES string of the molecule is C=CCOc1ccc(/C=C/C(=O)c2ccc(F)cc2)cc1OC. The highest BCUT2D eigenvalue weighted by atomic mass is 19.1. The molecule has 2 rings (SSSR count). The van der Waals surface area contributed by atoms with Gasteiger partial charge in [-0.15, -0.1) is 0 Å². The lowest BCUT2D eigenvalue weighted by Crippen LogP contribution is -1.96. The fourth-order valence-electron chi connectivity index (χ4n) is 1.94. The van der Waals surface area contributed by atoms with E-state index in [4.69, 9.17) is 9.47 Å². The summed E-state index contributed by atoms with van der Waals surface area (Å²) in [4.78, 5) is 12.0. The fourth-order valence-corrected chi connectivity index (χ4v) is 1.94. The van der Waals surface area contributed by atoms with Crippen molar-refractivity contribution in [2.45, 2.75) is 0 Å². The third-order valence-corrected chi connectivity index (χ3v) is 3.10. The quantitative estimate of drug-likeness (QED) is 0.434. The molecular weight excluding hydrogens is 295 g/mol. The Morgan fingerprint density at radius 3 is 2.57 bits per heavy atom. The van der Waals surface area contributed by atoms with Gasteiger partial charge in [0.15, 0.2) is 17.3 Å². The Balaban J connectivity index is 2.14. The summed E-state index contributed by atoms with van der Waals surface area (Å²) in [5.41, 5.74) is 1.23. The van der Waals surface area contributed by atoms with E-state index in [0.717, 1.165) is 5.56 Å². The number of methoxy groups -OCH3 is 1. The van der Waals surface area contributed by atoms with E-state index < -0.39 is 0 Å². The number of hydrogen-bond acceptors (Lipinski definition) is 3. The largest absolute Gasteiger partial charge is 0.493 e. The Morgan fingerprint density at radius 2 is 1.91 bits per heavy atom. The Labute approximate surface area is 134 Å². The molecule has 4 heteroatoms. The Bertz CT molecular complexity index is 718. The zero-order valence-electron chi connectivity index (χ0n) is 12.8. The van der Waals surface area contributed by atoms with Gasteiger partial charge in [0.25, 0.3) is 0 Å². The third-order valence-electron chi connectivity index (χ3n) is 3.10. The number of ether oxygens (including phenoxy) is 2. The van der Waals surface area contributed by atoms with E-state index in [-0.39, 0.29) is 11.6 Å². The lowest BCUT2D eigenvalue weighted by Gasteiger charge is -2.09. The fraction of sp³-hybridized carbons (Fsp3) is 0.105. The van der Waals surface area contributed by atoms with Crippen LogP contribution in [0.3, 0.4) is 0 Å². The molecule has 0 unspecified atom stereocenters. The van der Waals surface area contributed by atoms with Crippen LogP contribution in [0, 0.1) is 5.82 Å². The third kappa shape index (κ3) is 4.54. The minimum absolute atomic E-state index is 0.198. The average molecular weight is 312 g/mol. The number of hydrogen-bond donors (Lipinski definition) is 0. The topological polar surface area (TPSA) is 35.5 Å². The van der Waals surface area contributed by atoms with E-state index in [9.17, 15) is 9.18 Å². The van der Waals surface area contributed by atoms with Gasteiger partial charge in [-0.3, -0.25) is 4.79 Å². The molecule has 0 atom stereocenters. The zero-order valence-corrected chi connectivity index (χ0v) is 12.8. The van der Waals surface area contributed by atoms with Crippen molar-refractivity contribution < 1.29 is 18.7 Å². The van der Waals surface area contributed by atoms with Gasteiger partial charge < -0.3 is 9.47 Å². The van der Waals surface area contributed by atoms with Crippen molar-refractivity contribution in [1.82, 2.24) is 0 Å². The lowest BCUT2D eigenvalue weighted by molar-refractivity contribution is 0.104. The highest BCUT2D eigenvalue weighted by Gasteiger charge is 2.05. The number of carbonyl (C=O) groups is 1. The van der Waals surface area contributed by atoms with Crippen LogP contribution >= 0.6 is 0 Å². The molecule has 0 aliphatic rings.